The SMILES string of the molecule is COc1ccc(N[C@H]2COC[C@@H]2N)cc1. The van der Waals surface area contributed by atoms with E-state index in [0.29, 0.717) is 13.2 Å². The van der Waals surface area contributed by atoms with Crippen molar-refractivity contribution < 1.29 is 9.47 Å². The van der Waals surface area contributed by atoms with Gasteiger partial charge in [0, 0.05) is 5.69 Å². The Bertz CT molecular complexity index is 313. The molecule has 4 heteroatoms. The van der Waals surface area contributed by atoms with Gasteiger partial charge in [0.1, 0.15) is 5.75 Å². The van der Waals surface area contributed by atoms with Gasteiger partial charge in [-0.2, -0.15) is 0 Å². The highest BCUT2D eigenvalue weighted by Gasteiger charge is 2.24. The van der Waals surface area contributed by atoms with E-state index < -0.39 is 0 Å². The van der Waals surface area contributed by atoms with Crippen LogP contribution in [-0.2, 0) is 4.74 Å². The topological polar surface area (TPSA) is 56.5 Å². The molecule has 0 aliphatic carbocycles. The minimum absolute atomic E-state index is 0.0760. The van der Waals surface area contributed by atoms with Crippen molar-refractivity contribution in [2.24, 2.45) is 5.73 Å². The number of nitrogens with one attached hydrogen (secondary N) is 1. The summed E-state index contributed by atoms with van der Waals surface area (Å²) in [5.41, 5.74) is 6.91. The van der Waals surface area contributed by atoms with Gasteiger partial charge in [0.05, 0.1) is 32.4 Å². The van der Waals surface area contributed by atoms with Crippen LogP contribution >= 0.6 is 0 Å². The lowest BCUT2D eigenvalue weighted by Gasteiger charge is -2.16. The van der Waals surface area contributed by atoms with Gasteiger partial charge >= 0.3 is 0 Å². The third-order valence-corrected chi connectivity index (χ3v) is 2.57. The molecule has 3 N–H and O–H groups in total. The van der Waals surface area contributed by atoms with Gasteiger partial charge in [-0.3, -0.25) is 0 Å². The van der Waals surface area contributed by atoms with Crippen LogP contribution in [0.4, 0.5) is 5.69 Å². The standard InChI is InChI=1S/C11H16N2O2/c1-14-9-4-2-8(3-5-9)13-11-7-15-6-10(11)12/h2-5,10-11,13H,6-7,12H2,1H3/t10-,11-/m0/s1. The zero-order valence-corrected chi connectivity index (χ0v) is 8.77. The van der Waals surface area contributed by atoms with Gasteiger partial charge in [-0.25, -0.2) is 0 Å². The monoisotopic (exact) mass is 208 g/mol. The lowest BCUT2D eigenvalue weighted by atomic mass is 10.1. The maximum Gasteiger partial charge on any atom is 0.119 e. The lowest BCUT2D eigenvalue weighted by molar-refractivity contribution is 0.192. The first-order valence-electron chi connectivity index (χ1n) is 5.03. The number of ether oxygens (including phenoxy) is 2. The second-order valence-electron chi connectivity index (χ2n) is 3.68. The van der Waals surface area contributed by atoms with Crippen molar-refractivity contribution in [2.45, 2.75) is 12.1 Å². The molecule has 1 fully saturated rings. The Hall–Kier alpha value is -1.26. The van der Waals surface area contributed by atoms with Gasteiger partial charge in [0.2, 0.25) is 0 Å². The van der Waals surface area contributed by atoms with E-state index in [4.69, 9.17) is 15.2 Å². The summed E-state index contributed by atoms with van der Waals surface area (Å²) in [6.45, 7) is 1.31. The molecule has 0 unspecified atom stereocenters. The van der Waals surface area contributed by atoms with E-state index in [9.17, 15) is 0 Å². The minimum Gasteiger partial charge on any atom is -0.497 e. The fourth-order valence-electron chi connectivity index (χ4n) is 1.62. The minimum atomic E-state index is 0.0760. The number of hydrogen-bond acceptors (Lipinski definition) is 4. The number of benzene rings is 1. The Morgan fingerprint density at radius 1 is 1.33 bits per heavy atom. The number of methoxy groups -OCH3 is 1. The van der Waals surface area contributed by atoms with E-state index in [0.717, 1.165) is 11.4 Å². The molecular weight excluding hydrogens is 192 g/mol. The molecule has 15 heavy (non-hydrogen) atoms. The largest absolute Gasteiger partial charge is 0.497 e. The van der Waals surface area contributed by atoms with E-state index >= 15 is 0 Å². The highest BCUT2D eigenvalue weighted by atomic mass is 16.5. The highest BCUT2D eigenvalue weighted by Crippen LogP contribution is 2.17. The highest BCUT2D eigenvalue weighted by molar-refractivity contribution is 5.47. The van der Waals surface area contributed by atoms with E-state index in [1.165, 1.54) is 0 Å². The molecule has 1 heterocycles. The molecule has 1 aromatic carbocycles. The summed E-state index contributed by atoms with van der Waals surface area (Å²) in [5, 5.41) is 3.34. The lowest BCUT2D eigenvalue weighted by Crippen LogP contribution is -2.38. The van der Waals surface area contributed by atoms with Crippen LogP contribution in [-0.4, -0.2) is 32.4 Å². The summed E-state index contributed by atoms with van der Waals surface area (Å²) in [6.07, 6.45) is 0. The van der Waals surface area contributed by atoms with Crippen molar-refractivity contribution in [1.82, 2.24) is 0 Å². The fraction of sp³-hybridized carbons (Fsp3) is 0.455. The first-order chi connectivity index (χ1) is 7.29. The Kier molecular flexibility index (Phi) is 3.08. The van der Waals surface area contributed by atoms with Crippen LogP contribution in [0.2, 0.25) is 0 Å². The smallest absolute Gasteiger partial charge is 0.119 e. The molecule has 2 rings (SSSR count). The number of nitrogens with two attached hydrogens (primary N) is 1. The molecule has 1 aromatic rings. The quantitative estimate of drug-likeness (QED) is 0.772. The summed E-state index contributed by atoms with van der Waals surface area (Å²) >= 11 is 0. The van der Waals surface area contributed by atoms with E-state index in [-0.39, 0.29) is 12.1 Å². The molecule has 0 bridgehead atoms. The number of rotatable bonds is 3. The van der Waals surface area contributed by atoms with Crippen LogP contribution < -0.4 is 15.8 Å². The summed E-state index contributed by atoms with van der Waals surface area (Å²) in [5.74, 6) is 0.854. The van der Waals surface area contributed by atoms with E-state index in [1.54, 1.807) is 7.11 Å². The first-order valence-corrected chi connectivity index (χ1v) is 5.03. The average Bonchev–Trinajstić information content (AvgIpc) is 2.66. The molecular formula is C11H16N2O2. The van der Waals surface area contributed by atoms with Gasteiger partial charge in [0.15, 0.2) is 0 Å². The van der Waals surface area contributed by atoms with Gasteiger partial charge in [-0.15, -0.1) is 0 Å². The van der Waals surface area contributed by atoms with Gasteiger partial charge < -0.3 is 20.5 Å². The maximum absolute atomic E-state index is 5.87. The molecule has 1 aliphatic rings. The van der Waals surface area contributed by atoms with Crippen LogP contribution in [0.1, 0.15) is 0 Å². The predicted molar refractivity (Wildman–Crippen MR) is 59.2 cm³/mol. The molecule has 0 spiro atoms. The van der Waals surface area contributed by atoms with Gasteiger partial charge in [-0.1, -0.05) is 0 Å². The number of hydrogen-bond donors (Lipinski definition) is 2. The summed E-state index contributed by atoms with van der Waals surface area (Å²) in [7, 11) is 1.66. The van der Waals surface area contributed by atoms with Crippen LogP contribution in [0.5, 0.6) is 5.75 Å². The maximum atomic E-state index is 5.87. The third-order valence-electron chi connectivity index (χ3n) is 2.57. The molecule has 1 aliphatic heterocycles. The first kappa shape index (κ1) is 10.3. The van der Waals surface area contributed by atoms with Crippen molar-refractivity contribution in [3.8, 4) is 5.75 Å². The molecule has 0 saturated carbocycles. The summed E-state index contributed by atoms with van der Waals surface area (Å²) < 4.78 is 10.4. The van der Waals surface area contributed by atoms with Crippen molar-refractivity contribution in [3.05, 3.63) is 24.3 Å². The molecule has 4 nitrogen and oxygen atoms in total. The predicted octanol–water partition coefficient (Wildman–Crippen LogP) is 0.833. The van der Waals surface area contributed by atoms with Crippen LogP contribution in [0.25, 0.3) is 0 Å². The molecule has 1 saturated heterocycles. The van der Waals surface area contributed by atoms with Crippen molar-refractivity contribution in [1.29, 1.82) is 0 Å². The zero-order chi connectivity index (χ0) is 10.7. The Labute approximate surface area is 89.4 Å². The molecule has 0 amide bonds. The molecule has 2 atom stereocenters. The summed E-state index contributed by atoms with van der Waals surface area (Å²) in [6, 6.07) is 8.08. The van der Waals surface area contributed by atoms with E-state index in [2.05, 4.69) is 5.32 Å². The van der Waals surface area contributed by atoms with Gasteiger partial charge in [-0.05, 0) is 24.3 Å². The molecule has 0 radical (unpaired) electrons. The van der Waals surface area contributed by atoms with Crippen molar-refractivity contribution >= 4 is 5.69 Å². The van der Waals surface area contributed by atoms with Crippen molar-refractivity contribution in [2.75, 3.05) is 25.6 Å². The summed E-state index contributed by atoms with van der Waals surface area (Å²) in [4.78, 5) is 0. The molecule has 82 valence electrons. The molecule has 0 aromatic heterocycles. The normalized spacial score (nSPS) is 25.2. The zero-order valence-electron chi connectivity index (χ0n) is 8.77. The van der Waals surface area contributed by atoms with E-state index in [1.807, 2.05) is 24.3 Å². The Balaban J connectivity index is 1.98. The van der Waals surface area contributed by atoms with Crippen molar-refractivity contribution in [3.63, 3.8) is 0 Å². The van der Waals surface area contributed by atoms with Gasteiger partial charge in [0.25, 0.3) is 0 Å². The second-order valence-corrected chi connectivity index (χ2v) is 3.68. The number of anilines is 1. The Morgan fingerprint density at radius 3 is 2.60 bits per heavy atom. The average molecular weight is 208 g/mol. The Morgan fingerprint density at radius 2 is 2.07 bits per heavy atom. The van der Waals surface area contributed by atoms with Crippen LogP contribution in [0.15, 0.2) is 24.3 Å². The second kappa shape index (κ2) is 4.51. The fourth-order valence-corrected chi connectivity index (χ4v) is 1.62. The van der Waals surface area contributed by atoms with Crippen LogP contribution in [0, 0.1) is 0 Å². The van der Waals surface area contributed by atoms with Crippen LogP contribution in [0.3, 0.4) is 0 Å². The third kappa shape index (κ3) is 2.40.